The molecule has 1 aliphatic rings. The number of hydrogen-bond acceptors (Lipinski definition) is 3. The Labute approximate surface area is 93.7 Å². The molecule has 90 valence electrons. The summed E-state index contributed by atoms with van der Waals surface area (Å²) in [7, 11) is 1.77. The fraction of sp³-hybridized carbons (Fsp3) is 1.00. The Balaban J connectivity index is 2.21. The van der Waals surface area contributed by atoms with Gasteiger partial charge in [0.25, 0.3) is 0 Å². The maximum absolute atomic E-state index is 5.80. The molecule has 1 heterocycles. The van der Waals surface area contributed by atoms with E-state index in [0.717, 1.165) is 32.7 Å². The minimum absolute atomic E-state index is 0.485. The molecule has 0 amide bonds. The second kappa shape index (κ2) is 7.20. The first kappa shape index (κ1) is 12.9. The van der Waals surface area contributed by atoms with Gasteiger partial charge in [-0.1, -0.05) is 6.92 Å². The quantitative estimate of drug-likeness (QED) is 0.675. The summed E-state index contributed by atoms with van der Waals surface area (Å²) in [6.07, 6.45) is 3.95. The standard InChI is InChI=1S/C12H25NO2/c1-4-8-15-12-5-6-13(7-9-14-3)11(2)10-12/h11-12H,4-10H2,1-3H3/t11-,12+/m0/s1. The maximum atomic E-state index is 5.80. The van der Waals surface area contributed by atoms with Crippen LogP contribution >= 0.6 is 0 Å². The van der Waals surface area contributed by atoms with Crippen LogP contribution in [0.3, 0.4) is 0 Å². The van der Waals surface area contributed by atoms with Crippen molar-refractivity contribution in [2.45, 2.75) is 45.3 Å². The van der Waals surface area contributed by atoms with Crippen LogP contribution in [0, 0.1) is 0 Å². The first-order chi connectivity index (χ1) is 7.27. The highest BCUT2D eigenvalue weighted by molar-refractivity contribution is 4.79. The van der Waals surface area contributed by atoms with Crippen molar-refractivity contribution in [3.05, 3.63) is 0 Å². The summed E-state index contributed by atoms with van der Waals surface area (Å²) >= 11 is 0. The largest absolute Gasteiger partial charge is 0.383 e. The molecular weight excluding hydrogens is 190 g/mol. The van der Waals surface area contributed by atoms with Crippen LogP contribution in [0.2, 0.25) is 0 Å². The van der Waals surface area contributed by atoms with Crippen molar-refractivity contribution in [1.82, 2.24) is 4.90 Å². The van der Waals surface area contributed by atoms with Crippen molar-refractivity contribution < 1.29 is 9.47 Å². The summed E-state index contributed by atoms with van der Waals surface area (Å²) in [6.45, 7) is 8.41. The van der Waals surface area contributed by atoms with Gasteiger partial charge in [-0.05, 0) is 26.2 Å². The van der Waals surface area contributed by atoms with Crippen molar-refractivity contribution in [3.8, 4) is 0 Å². The minimum Gasteiger partial charge on any atom is -0.383 e. The molecule has 15 heavy (non-hydrogen) atoms. The van der Waals surface area contributed by atoms with Gasteiger partial charge in [0, 0.05) is 32.8 Å². The van der Waals surface area contributed by atoms with E-state index >= 15 is 0 Å². The molecule has 3 heteroatoms. The number of likely N-dealkylation sites (tertiary alicyclic amines) is 1. The smallest absolute Gasteiger partial charge is 0.0602 e. The van der Waals surface area contributed by atoms with E-state index in [1.54, 1.807) is 7.11 Å². The van der Waals surface area contributed by atoms with Crippen LogP contribution in [0.15, 0.2) is 0 Å². The van der Waals surface area contributed by atoms with Crippen molar-refractivity contribution in [2.75, 3.05) is 33.4 Å². The van der Waals surface area contributed by atoms with Gasteiger partial charge in [0.05, 0.1) is 12.7 Å². The number of rotatable bonds is 6. The van der Waals surface area contributed by atoms with Gasteiger partial charge in [0.15, 0.2) is 0 Å². The molecule has 3 nitrogen and oxygen atoms in total. The Hall–Kier alpha value is -0.120. The summed E-state index contributed by atoms with van der Waals surface area (Å²) in [5, 5.41) is 0. The SMILES string of the molecule is CCCO[C@@H]1CCN(CCOC)[C@@H](C)C1. The van der Waals surface area contributed by atoms with E-state index in [2.05, 4.69) is 18.7 Å². The molecular formula is C12H25NO2. The van der Waals surface area contributed by atoms with Gasteiger partial charge in [-0.15, -0.1) is 0 Å². The zero-order valence-corrected chi connectivity index (χ0v) is 10.4. The van der Waals surface area contributed by atoms with Gasteiger partial charge >= 0.3 is 0 Å². The van der Waals surface area contributed by atoms with Gasteiger partial charge in [-0.25, -0.2) is 0 Å². The molecule has 1 saturated heterocycles. The Kier molecular flexibility index (Phi) is 6.22. The minimum atomic E-state index is 0.485. The Morgan fingerprint density at radius 3 is 2.73 bits per heavy atom. The van der Waals surface area contributed by atoms with E-state index < -0.39 is 0 Å². The predicted molar refractivity (Wildman–Crippen MR) is 62.2 cm³/mol. The average molecular weight is 215 g/mol. The molecule has 0 bridgehead atoms. The van der Waals surface area contributed by atoms with E-state index in [1.165, 1.54) is 12.8 Å². The third kappa shape index (κ3) is 4.49. The van der Waals surface area contributed by atoms with E-state index in [0.29, 0.717) is 12.1 Å². The van der Waals surface area contributed by atoms with Crippen LogP contribution < -0.4 is 0 Å². The second-order valence-electron chi connectivity index (χ2n) is 4.39. The van der Waals surface area contributed by atoms with Crippen molar-refractivity contribution >= 4 is 0 Å². The molecule has 0 saturated carbocycles. The molecule has 0 spiro atoms. The lowest BCUT2D eigenvalue weighted by Crippen LogP contribution is -2.44. The fourth-order valence-electron chi connectivity index (χ4n) is 2.15. The van der Waals surface area contributed by atoms with Gasteiger partial charge < -0.3 is 9.47 Å². The Morgan fingerprint density at radius 1 is 1.33 bits per heavy atom. The topological polar surface area (TPSA) is 21.7 Å². The third-order valence-corrected chi connectivity index (χ3v) is 3.11. The Morgan fingerprint density at radius 2 is 2.13 bits per heavy atom. The molecule has 0 aromatic carbocycles. The number of nitrogens with zero attached hydrogens (tertiary/aromatic N) is 1. The van der Waals surface area contributed by atoms with Crippen LogP contribution in [-0.4, -0.2) is 50.5 Å². The molecule has 0 N–H and O–H groups in total. The maximum Gasteiger partial charge on any atom is 0.0602 e. The molecule has 0 radical (unpaired) electrons. The van der Waals surface area contributed by atoms with E-state index in [-0.39, 0.29) is 0 Å². The Bertz CT molecular complexity index is 164. The molecule has 0 aliphatic carbocycles. The van der Waals surface area contributed by atoms with Crippen LogP contribution in [-0.2, 0) is 9.47 Å². The summed E-state index contributed by atoms with van der Waals surface area (Å²) < 4.78 is 10.9. The summed E-state index contributed by atoms with van der Waals surface area (Å²) in [5.74, 6) is 0. The highest BCUT2D eigenvalue weighted by Crippen LogP contribution is 2.19. The predicted octanol–water partition coefficient (Wildman–Crippen LogP) is 1.91. The van der Waals surface area contributed by atoms with Crippen LogP contribution in [0.25, 0.3) is 0 Å². The number of hydrogen-bond donors (Lipinski definition) is 0. The van der Waals surface area contributed by atoms with Gasteiger partial charge in [0.1, 0.15) is 0 Å². The lowest BCUT2D eigenvalue weighted by atomic mass is 10.0. The molecule has 2 atom stereocenters. The average Bonchev–Trinajstić information content (AvgIpc) is 2.25. The molecule has 1 aliphatic heterocycles. The fourth-order valence-corrected chi connectivity index (χ4v) is 2.15. The van der Waals surface area contributed by atoms with E-state index in [1.807, 2.05) is 0 Å². The van der Waals surface area contributed by atoms with E-state index in [9.17, 15) is 0 Å². The summed E-state index contributed by atoms with van der Waals surface area (Å²) in [6, 6.07) is 0.635. The number of methoxy groups -OCH3 is 1. The van der Waals surface area contributed by atoms with Crippen molar-refractivity contribution in [1.29, 1.82) is 0 Å². The molecule has 1 rings (SSSR count). The van der Waals surface area contributed by atoms with Crippen molar-refractivity contribution in [3.63, 3.8) is 0 Å². The third-order valence-electron chi connectivity index (χ3n) is 3.11. The first-order valence-electron chi connectivity index (χ1n) is 6.12. The zero-order chi connectivity index (χ0) is 11.1. The van der Waals surface area contributed by atoms with Gasteiger partial charge in [-0.3, -0.25) is 4.90 Å². The lowest BCUT2D eigenvalue weighted by molar-refractivity contribution is -0.0165. The van der Waals surface area contributed by atoms with Crippen LogP contribution in [0.4, 0.5) is 0 Å². The molecule has 1 fully saturated rings. The first-order valence-corrected chi connectivity index (χ1v) is 6.12. The highest BCUT2D eigenvalue weighted by Gasteiger charge is 2.25. The van der Waals surface area contributed by atoms with Gasteiger partial charge in [-0.2, -0.15) is 0 Å². The number of piperidine rings is 1. The lowest BCUT2D eigenvalue weighted by Gasteiger charge is -2.37. The van der Waals surface area contributed by atoms with Crippen LogP contribution in [0.1, 0.15) is 33.1 Å². The zero-order valence-electron chi connectivity index (χ0n) is 10.4. The molecule has 0 unspecified atom stereocenters. The second-order valence-corrected chi connectivity index (χ2v) is 4.39. The highest BCUT2D eigenvalue weighted by atomic mass is 16.5. The van der Waals surface area contributed by atoms with E-state index in [4.69, 9.17) is 9.47 Å². The van der Waals surface area contributed by atoms with Crippen LogP contribution in [0.5, 0.6) is 0 Å². The summed E-state index contributed by atoms with van der Waals surface area (Å²) in [4.78, 5) is 2.50. The molecule has 0 aromatic heterocycles. The summed E-state index contributed by atoms with van der Waals surface area (Å²) in [5.41, 5.74) is 0. The normalized spacial score (nSPS) is 28.2. The van der Waals surface area contributed by atoms with Crippen molar-refractivity contribution in [2.24, 2.45) is 0 Å². The monoisotopic (exact) mass is 215 g/mol. The van der Waals surface area contributed by atoms with Gasteiger partial charge in [0.2, 0.25) is 0 Å². The number of ether oxygens (including phenoxy) is 2. The molecule has 0 aromatic rings.